The molecule has 1 saturated heterocycles. The van der Waals surface area contributed by atoms with Crippen LogP contribution in [0.25, 0.3) is 0 Å². The third-order valence-corrected chi connectivity index (χ3v) is 7.05. The molecule has 46 heavy (non-hydrogen) atoms. The summed E-state index contributed by atoms with van der Waals surface area (Å²) < 4.78 is 27.0. The zero-order valence-electron chi connectivity index (χ0n) is 25.8. The molecule has 5 atom stereocenters. The maximum Gasteiger partial charge on any atom is 0.305 e. The molecule has 13 nitrogen and oxygen atoms in total. The number of carbonyl (C=O) groups excluding carboxylic acids is 6. The second kappa shape index (κ2) is 15.2. The lowest BCUT2D eigenvalue weighted by atomic mass is 9.95. The Kier molecular flexibility index (Phi) is 11.1. The zero-order chi connectivity index (χ0) is 33.4. The summed E-state index contributed by atoms with van der Waals surface area (Å²) in [6, 6.07) is 13.3. The molecule has 1 fully saturated rings. The lowest BCUT2D eigenvalue weighted by Gasteiger charge is -2.44. The largest absolute Gasteiger partial charge is 0.463 e. The van der Waals surface area contributed by atoms with Gasteiger partial charge in [0.2, 0.25) is 18.1 Å². The third-order valence-electron chi connectivity index (χ3n) is 7.05. The van der Waals surface area contributed by atoms with Gasteiger partial charge in [-0.2, -0.15) is 0 Å². The van der Waals surface area contributed by atoms with E-state index < -0.39 is 67.0 Å². The standard InChI is InChI=1S/C33H34N2O11/c1-19(36)42-18-27-31(43-20(2)37)32(44-21(3)38)30(33(46-27)45-22(4)39)34-28(40)15-16-29(41)35-17-25-11-6-5-9-23(25)13-14-24-10-7-8-12-26(24)35/h5-12,27,30-33H,15-18H2,1-4H3,(H,34,40)/t27-,30+,31-,32-,33-/m1/s1. The van der Waals surface area contributed by atoms with E-state index in [1.165, 1.54) is 0 Å². The summed E-state index contributed by atoms with van der Waals surface area (Å²) in [6.45, 7) is 4.25. The van der Waals surface area contributed by atoms with Gasteiger partial charge in [-0.3, -0.25) is 28.8 Å². The van der Waals surface area contributed by atoms with Gasteiger partial charge >= 0.3 is 23.9 Å². The number of anilines is 1. The van der Waals surface area contributed by atoms with Crippen LogP contribution in [0.3, 0.4) is 0 Å². The molecule has 0 radical (unpaired) electrons. The van der Waals surface area contributed by atoms with E-state index in [-0.39, 0.29) is 25.3 Å². The lowest BCUT2D eigenvalue weighted by Crippen LogP contribution is -2.67. The van der Waals surface area contributed by atoms with Crippen LogP contribution in [0.2, 0.25) is 0 Å². The van der Waals surface area contributed by atoms with Crippen molar-refractivity contribution < 1.29 is 52.5 Å². The van der Waals surface area contributed by atoms with Gasteiger partial charge in [0.15, 0.2) is 12.2 Å². The van der Waals surface area contributed by atoms with E-state index in [0.29, 0.717) is 11.3 Å². The van der Waals surface area contributed by atoms with Crippen molar-refractivity contribution in [1.82, 2.24) is 5.32 Å². The molecule has 0 aliphatic carbocycles. The topological polar surface area (TPSA) is 164 Å². The summed E-state index contributed by atoms with van der Waals surface area (Å²) in [5.74, 6) is 2.21. The first kappa shape index (κ1) is 33.7. The fourth-order valence-electron chi connectivity index (χ4n) is 5.14. The Morgan fingerprint density at radius 2 is 1.39 bits per heavy atom. The zero-order valence-corrected chi connectivity index (χ0v) is 25.8. The van der Waals surface area contributed by atoms with Crippen LogP contribution in [-0.2, 0) is 59.0 Å². The predicted molar refractivity (Wildman–Crippen MR) is 159 cm³/mol. The van der Waals surface area contributed by atoms with E-state index in [0.717, 1.165) is 38.8 Å². The van der Waals surface area contributed by atoms with Gasteiger partial charge in [-0.05, 0) is 23.8 Å². The number of hydrogen-bond donors (Lipinski definition) is 1. The average molecular weight is 635 g/mol. The van der Waals surface area contributed by atoms with E-state index in [4.69, 9.17) is 23.7 Å². The third kappa shape index (κ3) is 8.70. The van der Waals surface area contributed by atoms with Crippen molar-refractivity contribution in [3.8, 4) is 11.8 Å². The van der Waals surface area contributed by atoms with Gasteiger partial charge in [-0.1, -0.05) is 42.2 Å². The number of para-hydroxylation sites is 1. The average Bonchev–Trinajstić information content (AvgIpc) is 2.98. The number of esters is 4. The van der Waals surface area contributed by atoms with Crippen LogP contribution < -0.4 is 10.2 Å². The first-order valence-electron chi connectivity index (χ1n) is 14.5. The SMILES string of the molecule is CC(=O)OC[C@H]1O[C@@H](OC(C)=O)[C@@H](NC(=O)CCC(=O)N2Cc3ccccc3C#Cc3ccccc32)[C@@H](OC(C)=O)[C@@H]1OC(C)=O. The Balaban J connectivity index is 1.55. The van der Waals surface area contributed by atoms with Gasteiger partial charge in [-0.15, -0.1) is 0 Å². The highest BCUT2D eigenvalue weighted by atomic mass is 16.7. The molecule has 4 rings (SSSR count). The summed E-state index contributed by atoms with van der Waals surface area (Å²) in [5, 5.41) is 2.62. The highest BCUT2D eigenvalue weighted by molar-refractivity contribution is 5.97. The Hall–Kier alpha value is -5.22. The van der Waals surface area contributed by atoms with Crippen molar-refractivity contribution in [2.45, 2.75) is 77.7 Å². The van der Waals surface area contributed by atoms with Gasteiger partial charge in [0.1, 0.15) is 18.8 Å². The van der Waals surface area contributed by atoms with E-state index in [1.807, 2.05) is 36.4 Å². The molecule has 2 aliphatic heterocycles. The Bertz CT molecular complexity index is 1580. The quantitative estimate of drug-likeness (QED) is 0.243. The maximum atomic E-state index is 13.6. The number of carbonyl (C=O) groups is 6. The van der Waals surface area contributed by atoms with Gasteiger partial charge in [0, 0.05) is 51.7 Å². The molecule has 2 aromatic rings. The van der Waals surface area contributed by atoms with Gasteiger partial charge in [-0.25, -0.2) is 0 Å². The van der Waals surface area contributed by atoms with Crippen molar-refractivity contribution in [3.63, 3.8) is 0 Å². The lowest BCUT2D eigenvalue weighted by molar-refractivity contribution is -0.271. The number of rotatable bonds is 9. The second-order valence-electron chi connectivity index (χ2n) is 10.6. The van der Waals surface area contributed by atoms with Crippen LogP contribution >= 0.6 is 0 Å². The number of benzene rings is 2. The molecular formula is C33H34N2O11. The second-order valence-corrected chi connectivity index (χ2v) is 10.6. The van der Waals surface area contributed by atoms with Crippen molar-refractivity contribution in [2.24, 2.45) is 0 Å². The summed E-state index contributed by atoms with van der Waals surface area (Å²) in [4.78, 5) is 76.2. The number of amides is 2. The van der Waals surface area contributed by atoms with Crippen LogP contribution in [0.1, 0.15) is 57.2 Å². The Labute approximate surface area is 265 Å². The van der Waals surface area contributed by atoms with Crippen LogP contribution in [0, 0.1) is 11.8 Å². The van der Waals surface area contributed by atoms with E-state index in [1.54, 1.807) is 17.0 Å². The van der Waals surface area contributed by atoms with Crippen LogP contribution in [-0.4, -0.2) is 72.9 Å². The molecule has 2 amide bonds. The first-order valence-corrected chi connectivity index (χ1v) is 14.5. The minimum Gasteiger partial charge on any atom is -0.463 e. The molecule has 0 saturated carbocycles. The molecule has 2 heterocycles. The number of nitrogens with one attached hydrogen (secondary N) is 1. The van der Waals surface area contributed by atoms with Crippen LogP contribution in [0.15, 0.2) is 48.5 Å². The first-order chi connectivity index (χ1) is 21.9. The number of fused-ring (bicyclic) bond motifs is 2. The van der Waals surface area contributed by atoms with E-state index in [9.17, 15) is 28.8 Å². The van der Waals surface area contributed by atoms with Crippen molar-refractivity contribution in [3.05, 3.63) is 65.2 Å². The normalized spacial score (nSPS) is 21.4. The fourth-order valence-corrected chi connectivity index (χ4v) is 5.14. The van der Waals surface area contributed by atoms with Crippen LogP contribution in [0.4, 0.5) is 5.69 Å². The van der Waals surface area contributed by atoms with Crippen molar-refractivity contribution >= 4 is 41.4 Å². The summed E-state index contributed by atoms with van der Waals surface area (Å²) in [7, 11) is 0. The van der Waals surface area contributed by atoms with Gasteiger partial charge in [0.05, 0.1) is 12.2 Å². The summed E-state index contributed by atoms with van der Waals surface area (Å²) >= 11 is 0. The molecule has 13 heteroatoms. The molecule has 242 valence electrons. The molecule has 2 aliphatic rings. The molecule has 0 aromatic heterocycles. The fraction of sp³-hybridized carbons (Fsp3) is 0.394. The molecule has 0 bridgehead atoms. The minimum absolute atomic E-state index is 0.220. The smallest absolute Gasteiger partial charge is 0.305 e. The molecule has 0 spiro atoms. The Morgan fingerprint density at radius 3 is 2.07 bits per heavy atom. The number of hydrogen-bond acceptors (Lipinski definition) is 11. The van der Waals surface area contributed by atoms with Crippen molar-refractivity contribution in [1.29, 1.82) is 0 Å². The van der Waals surface area contributed by atoms with E-state index >= 15 is 0 Å². The van der Waals surface area contributed by atoms with Crippen LogP contribution in [0.5, 0.6) is 0 Å². The molecule has 1 N–H and O–H groups in total. The molecular weight excluding hydrogens is 600 g/mol. The van der Waals surface area contributed by atoms with E-state index in [2.05, 4.69) is 17.2 Å². The van der Waals surface area contributed by atoms with Gasteiger partial charge < -0.3 is 33.9 Å². The predicted octanol–water partition coefficient (Wildman–Crippen LogP) is 1.91. The molecule has 2 aromatic carbocycles. The summed E-state index contributed by atoms with van der Waals surface area (Å²) in [5.41, 5.74) is 2.88. The highest BCUT2D eigenvalue weighted by Crippen LogP contribution is 2.29. The minimum atomic E-state index is -1.54. The number of ether oxygens (including phenoxy) is 5. The number of nitrogens with zero attached hydrogens (tertiary/aromatic N) is 1. The van der Waals surface area contributed by atoms with Crippen molar-refractivity contribution in [2.75, 3.05) is 11.5 Å². The van der Waals surface area contributed by atoms with Gasteiger partial charge in [0.25, 0.3) is 0 Å². The monoisotopic (exact) mass is 634 g/mol. The Morgan fingerprint density at radius 1 is 0.783 bits per heavy atom. The highest BCUT2D eigenvalue weighted by Gasteiger charge is 2.52. The maximum absolute atomic E-state index is 13.6. The molecule has 0 unspecified atom stereocenters. The summed E-state index contributed by atoms with van der Waals surface area (Å²) in [6.07, 6.45) is -6.08.